The Morgan fingerprint density at radius 1 is 1.40 bits per heavy atom. The van der Waals surface area contributed by atoms with Crippen LogP contribution in [0.5, 0.6) is 17.2 Å². The van der Waals surface area contributed by atoms with Crippen molar-refractivity contribution >= 4 is 11.6 Å². The number of phenolic OH excluding ortho intramolecular Hbond substituents is 1. The minimum atomic E-state index is -0.862. The molecule has 1 aromatic carbocycles. The molecule has 1 atom stereocenters. The van der Waals surface area contributed by atoms with Crippen molar-refractivity contribution < 1.29 is 19.7 Å². The van der Waals surface area contributed by atoms with Crippen LogP contribution in [0.4, 0.5) is 0 Å². The summed E-state index contributed by atoms with van der Waals surface area (Å²) in [5.74, 6) is 0.675. The molecule has 2 N–H and O–H groups in total. The summed E-state index contributed by atoms with van der Waals surface area (Å²) in [6.45, 7) is 2.37. The summed E-state index contributed by atoms with van der Waals surface area (Å²) in [5.41, 5.74) is 0.275. The minimum Gasteiger partial charge on any atom is -0.506 e. The molecule has 82 valence electrons. The predicted molar refractivity (Wildman–Crippen MR) is 54.7 cm³/mol. The largest absolute Gasteiger partial charge is 0.506 e. The molecule has 0 bridgehead atoms. The average molecular weight is 231 g/mol. The highest BCUT2D eigenvalue weighted by atomic mass is 35.5. The number of halogens is 1. The van der Waals surface area contributed by atoms with Gasteiger partial charge in [-0.3, -0.25) is 0 Å². The van der Waals surface area contributed by atoms with E-state index in [1.54, 1.807) is 0 Å². The molecular weight excluding hydrogens is 220 g/mol. The van der Waals surface area contributed by atoms with Crippen LogP contribution in [0.15, 0.2) is 6.07 Å². The van der Waals surface area contributed by atoms with Gasteiger partial charge in [-0.15, -0.1) is 0 Å². The summed E-state index contributed by atoms with van der Waals surface area (Å²) in [6.07, 6.45) is -0.862. The molecule has 0 amide bonds. The maximum absolute atomic E-state index is 9.70. The van der Waals surface area contributed by atoms with Crippen LogP contribution in [0.2, 0.25) is 5.02 Å². The normalized spacial score (nSPS) is 16.2. The van der Waals surface area contributed by atoms with Crippen LogP contribution in [-0.4, -0.2) is 23.4 Å². The van der Waals surface area contributed by atoms with Crippen molar-refractivity contribution in [2.24, 2.45) is 0 Å². The third kappa shape index (κ3) is 1.70. The summed E-state index contributed by atoms with van der Waals surface area (Å²) in [5, 5.41) is 19.4. The summed E-state index contributed by atoms with van der Waals surface area (Å²) in [4.78, 5) is 0. The van der Waals surface area contributed by atoms with Crippen molar-refractivity contribution in [1.82, 2.24) is 0 Å². The fourth-order valence-electron chi connectivity index (χ4n) is 1.56. The van der Waals surface area contributed by atoms with E-state index in [1.165, 1.54) is 13.0 Å². The monoisotopic (exact) mass is 230 g/mol. The first-order valence-electron chi connectivity index (χ1n) is 4.60. The second-order valence-corrected chi connectivity index (χ2v) is 3.73. The van der Waals surface area contributed by atoms with Gasteiger partial charge in [0.2, 0.25) is 0 Å². The van der Waals surface area contributed by atoms with Gasteiger partial charge in [-0.25, -0.2) is 0 Å². The molecule has 1 unspecified atom stereocenters. The zero-order valence-corrected chi connectivity index (χ0v) is 8.91. The molecule has 5 heteroatoms. The van der Waals surface area contributed by atoms with Gasteiger partial charge in [0.15, 0.2) is 11.5 Å². The lowest BCUT2D eigenvalue weighted by Crippen LogP contribution is -2.17. The predicted octanol–water partition coefficient (Wildman–Crippen LogP) is 1.87. The molecule has 0 fully saturated rings. The lowest BCUT2D eigenvalue weighted by Gasteiger charge is -2.23. The molecule has 1 aliphatic rings. The van der Waals surface area contributed by atoms with Crippen molar-refractivity contribution in [2.45, 2.75) is 13.0 Å². The van der Waals surface area contributed by atoms with E-state index in [9.17, 15) is 10.2 Å². The van der Waals surface area contributed by atoms with E-state index in [2.05, 4.69) is 0 Å². The van der Waals surface area contributed by atoms with Crippen LogP contribution in [0.25, 0.3) is 0 Å². The van der Waals surface area contributed by atoms with E-state index in [-0.39, 0.29) is 16.3 Å². The van der Waals surface area contributed by atoms with Crippen molar-refractivity contribution in [3.05, 3.63) is 16.7 Å². The number of aliphatic hydroxyl groups is 1. The molecule has 15 heavy (non-hydrogen) atoms. The van der Waals surface area contributed by atoms with Crippen molar-refractivity contribution in [3.8, 4) is 17.2 Å². The molecular formula is C10H11ClO4. The van der Waals surface area contributed by atoms with E-state index < -0.39 is 6.10 Å². The second kappa shape index (κ2) is 3.79. The third-order valence-corrected chi connectivity index (χ3v) is 2.50. The van der Waals surface area contributed by atoms with Gasteiger partial charge in [-0.05, 0) is 6.92 Å². The zero-order valence-electron chi connectivity index (χ0n) is 8.16. The van der Waals surface area contributed by atoms with Crippen LogP contribution < -0.4 is 9.47 Å². The molecule has 0 aliphatic carbocycles. The molecule has 0 saturated heterocycles. The number of ether oxygens (including phenoxy) is 2. The number of hydrogen-bond acceptors (Lipinski definition) is 4. The smallest absolute Gasteiger partial charge is 0.170 e. The number of aliphatic hydroxyl groups excluding tert-OH is 1. The van der Waals surface area contributed by atoms with Crippen molar-refractivity contribution in [2.75, 3.05) is 13.2 Å². The van der Waals surface area contributed by atoms with Crippen molar-refractivity contribution in [1.29, 1.82) is 0 Å². The van der Waals surface area contributed by atoms with E-state index in [4.69, 9.17) is 21.1 Å². The highest BCUT2D eigenvalue weighted by Gasteiger charge is 2.24. The van der Waals surface area contributed by atoms with Crippen molar-refractivity contribution in [3.63, 3.8) is 0 Å². The maximum Gasteiger partial charge on any atom is 0.170 e. The van der Waals surface area contributed by atoms with Gasteiger partial charge in [0.1, 0.15) is 19.0 Å². The van der Waals surface area contributed by atoms with Crippen LogP contribution in [0, 0.1) is 0 Å². The van der Waals surface area contributed by atoms with E-state index in [1.807, 2.05) is 0 Å². The molecule has 4 nitrogen and oxygen atoms in total. The number of benzene rings is 1. The first-order valence-corrected chi connectivity index (χ1v) is 4.98. The zero-order chi connectivity index (χ0) is 11.0. The summed E-state index contributed by atoms with van der Waals surface area (Å²) >= 11 is 5.80. The minimum absolute atomic E-state index is 0.148. The molecule has 0 saturated carbocycles. The summed E-state index contributed by atoms with van der Waals surface area (Å²) < 4.78 is 10.7. The van der Waals surface area contributed by atoms with Gasteiger partial charge >= 0.3 is 0 Å². The molecule has 0 aromatic heterocycles. The number of phenols is 1. The van der Waals surface area contributed by atoms with Crippen LogP contribution in [0.1, 0.15) is 18.6 Å². The van der Waals surface area contributed by atoms with Gasteiger partial charge in [0.05, 0.1) is 16.7 Å². The summed E-state index contributed by atoms with van der Waals surface area (Å²) in [7, 11) is 0. The Balaban J connectivity index is 2.63. The lowest BCUT2D eigenvalue weighted by molar-refractivity contribution is 0.151. The van der Waals surface area contributed by atoms with Gasteiger partial charge in [-0.1, -0.05) is 11.6 Å². The topological polar surface area (TPSA) is 58.9 Å². The van der Waals surface area contributed by atoms with Crippen LogP contribution >= 0.6 is 11.6 Å². The van der Waals surface area contributed by atoms with Crippen LogP contribution in [-0.2, 0) is 0 Å². The fourth-order valence-corrected chi connectivity index (χ4v) is 1.76. The summed E-state index contributed by atoms with van der Waals surface area (Å²) in [6, 6.07) is 1.48. The van der Waals surface area contributed by atoms with Crippen LogP contribution in [0.3, 0.4) is 0 Å². The number of fused-ring (bicyclic) bond motifs is 1. The maximum atomic E-state index is 9.70. The molecule has 1 aromatic rings. The van der Waals surface area contributed by atoms with Gasteiger partial charge < -0.3 is 19.7 Å². The number of aromatic hydroxyl groups is 1. The molecule has 2 rings (SSSR count). The Bertz CT molecular complexity index is 389. The van der Waals surface area contributed by atoms with Gasteiger partial charge in [0.25, 0.3) is 0 Å². The van der Waals surface area contributed by atoms with E-state index >= 15 is 0 Å². The highest BCUT2D eigenvalue weighted by Crippen LogP contribution is 2.46. The highest BCUT2D eigenvalue weighted by molar-refractivity contribution is 6.32. The first-order chi connectivity index (χ1) is 7.11. The Morgan fingerprint density at radius 2 is 2.07 bits per heavy atom. The Kier molecular flexibility index (Phi) is 2.63. The molecule has 1 aliphatic heterocycles. The van der Waals surface area contributed by atoms with Gasteiger partial charge in [-0.2, -0.15) is 0 Å². The second-order valence-electron chi connectivity index (χ2n) is 3.32. The number of rotatable bonds is 1. The Hall–Kier alpha value is -1.13. The lowest BCUT2D eigenvalue weighted by atomic mass is 10.1. The number of hydrogen-bond donors (Lipinski definition) is 2. The fraction of sp³-hybridized carbons (Fsp3) is 0.400. The molecule has 1 heterocycles. The Labute approximate surface area is 92.0 Å². The Morgan fingerprint density at radius 3 is 2.73 bits per heavy atom. The SMILES string of the molecule is CC(O)c1c(O)c(Cl)cc2c1OCCO2. The quantitative estimate of drug-likeness (QED) is 0.773. The van der Waals surface area contributed by atoms with E-state index in [0.717, 1.165) is 0 Å². The molecule has 0 radical (unpaired) electrons. The van der Waals surface area contributed by atoms with E-state index in [0.29, 0.717) is 24.7 Å². The van der Waals surface area contributed by atoms with Gasteiger partial charge in [0, 0.05) is 6.07 Å². The third-order valence-electron chi connectivity index (χ3n) is 2.21. The molecule has 0 spiro atoms. The standard InChI is InChI=1S/C10H11ClO4/c1-5(12)8-9(13)6(11)4-7-10(8)15-3-2-14-7/h4-5,12-13H,2-3H2,1H3. The average Bonchev–Trinajstić information content (AvgIpc) is 2.19. The first kappa shape index (κ1) is 10.4.